The molecule has 0 aliphatic heterocycles. The van der Waals surface area contributed by atoms with Gasteiger partial charge in [-0.25, -0.2) is 18.1 Å². The number of nitrogens with zero attached hydrogens (tertiary/aromatic N) is 2. The molecule has 0 bridgehead atoms. The molecule has 0 fully saturated rings. The molecule has 4 N–H and O–H groups in total. The van der Waals surface area contributed by atoms with Crippen LogP contribution in [0.15, 0.2) is 59.7 Å². The second-order valence-corrected chi connectivity index (χ2v) is 9.49. The van der Waals surface area contributed by atoms with E-state index in [4.69, 9.17) is 5.73 Å². The molecular formula is C22H18F3N5O5S. The van der Waals surface area contributed by atoms with Crippen LogP contribution in [0.1, 0.15) is 16.1 Å². The number of aromatic nitrogens is 3. The molecular weight excluding hydrogens is 503 g/mol. The molecule has 14 heteroatoms. The predicted octanol–water partition coefficient (Wildman–Crippen LogP) is 2.61. The number of anilines is 1. The number of carbonyl (C=O) groups is 1. The smallest absolute Gasteiger partial charge is 0.406 e. The van der Waals surface area contributed by atoms with E-state index in [0.29, 0.717) is 5.56 Å². The van der Waals surface area contributed by atoms with Crippen molar-refractivity contribution in [2.75, 3.05) is 12.0 Å². The third-order valence-electron chi connectivity index (χ3n) is 5.04. The lowest BCUT2D eigenvalue weighted by Gasteiger charge is -2.12. The number of ether oxygens (including phenoxy) is 1. The Balaban J connectivity index is 2.08. The molecule has 0 atom stereocenters. The van der Waals surface area contributed by atoms with E-state index in [-0.39, 0.29) is 40.1 Å². The van der Waals surface area contributed by atoms with E-state index in [1.54, 1.807) is 6.07 Å². The topological polar surface area (TPSA) is 149 Å². The third-order valence-corrected chi connectivity index (χ3v) is 5.59. The van der Waals surface area contributed by atoms with Crippen molar-refractivity contribution in [1.82, 2.24) is 19.3 Å². The Morgan fingerprint density at radius 1 is 1.22 bits per heavy atom. The minimum atomic E-state index is -4.99. The van der Waals surface area contributed by atoms with Gasteiger partial charge in [0.25, 0.3) is 11.5 Å². The van der Waals surface area contributed by atoms with Gasteiger partial charge in [0, 0.05) is 41.0 Å². The van der Waals surface area contributed by atoms with E-state index < -0.39 is 33.6 Å². The molecule has 0 spiro atoms. The lowest BCUT2D eigenvalue weighted by molar-refractivity contribution is -0.274. The highest BCUT2D eigenvalue weighted by Gasteiger charge is 2.32. The number of alkyl halides is 3. The zero-order valence-electron chi connectivity index (χ0n) is 18.5. The van der Waals surface area contributed by atoms with Gasteiger partial charge in [0.2, 0.25) is 10.0 Å². The van der Waals surface area contributed by atoms with E-state index in [2.05, 4.69) is 14.7 Å². The van der Waals surface area contributed by atoms with Crippen molar-refractivity contribution in [3.63, 3.8) is 0 Å². The van der Waals surface area contributed by atoms with Crippen LogP contribution in [-0.2, 0) is 16.6 Å². The van der Waals surface area contributed by atoms with Crippen LogP contribution in [0.5, 0.6) is 5.75 Å². The summed E-state index contributed by atoms with van der Waals surface area (Å²) in [4.78, 5) is 32.3. The molecule has 0 saturated heterocycles. The van der Waals surface area contributed by atoms with Crippen molar-refractivity contribution in [3.05, 3.63) is 76.5 Å². The van der Waals surface area contributed by atoms with Crippen molar-refractivity contribution in [2.45, 2.75) is 12.9 Å². The van der Waals surface area contributed by atoms with Gasteiger partial charge in [-0.3, -0.25) is 9.59 Å². The van der Waals surface area contributed by atoms with Gasteiger partial charge in [-0.15, -0.1) is 13.2 Å². The van der Waals surface area contributed by atoms with E-state index in [9.17, 15) is 31.2 Å². The normalized spacial score (nSPS) is 12.0. The zero-order chi connectivity index (χ0) is 26.3. The summed E-state index contributed by atoms with van der Waals surface area (Å²) in [5.41, 5.74) is 5.46. The molecule has 0 aliphatic rings. The molecule has 0 aliphatic carbocycles. The summed E-state index contributed by atoms with van der Waals surface area (Å²) in [6.45, 7) is -0.0556. The van der Waals surface area contributed by atoms with Gasteiger partial charge < -0.3 is 20.0 Å². The minimum absolute atomic E-state index is 0.0501. The first-order chi connectivity index (χ1) is 16.8. The number of fused-ring (bicyclic) bond motifs is 1. The molecule has 4 aromatic rings. The number of halogens is 3. The summed E-state index contributed by atoms with van der Waals surface area (Å²) >= 11 is 0. The second kappa shape index (κ2) is 9.03. The molecule has 3 aromatic heterocycles. The van der Waals surface area contributed by atoms with E-state index in [0.717, 1.165) is 18.4 Å². The minimum Gasteiger partial charge on any atom is -0.406 e. The average Bonchev–Trinajstić information content (AvgIpc) is 3.05. The van der Waals surface area contributed by atoms with Crippen molar-refractivity contribution in [3.8, 4) is 16.9 Å². The summed E-state index contributed by atoms with van der Waals surface area (Å²) in [5, 5.41) is 0.0501. The van der Waals surface area contributed by atoms with Crippen LogP contribution in [-0.4, -0.2) is 41.5 Å². The maximum atomic E-state index is 13.3. The number of hydrogen-bond acceptors (Lipinski definition) is 7. The Morgan fingerprint density at radius 2 is 1.97 bits per heavy atom. The van der Waals surface area contributed by atoms with Crippen LogP contribution in [0.25, 0.3) is 22.0 Å². The number of sulfonamides is 1. The molecule has 4 rings (SSSR count). The van der Waals surface area contributed by atoms with Gasteiger partial charge in [-0.05, 0) is 48.0 Å². The lowest BCUT2D eigenvalue weighted by atomic mass is 10.0. The number of amides is 1. The number of H-pyrrole nitrogens is 1. The number of nitrogen functional groups attached to an aromatic ring is 1. The van der Waals surface area contributed by atoms with Crippen molar-refractivity contribution < 1.29 is 31.1 Å². The second-order valence-electron chi connectivity index (χ2n) is 7.74. The van der Waals surface area contributed by atoms with Gasteiger partial charge in [-0.2, -0.15) is 0 Å². The number of nitrogens with one attached hydrogen (secondary N) is 2. The first-order valence-corrected chi connectivity index (χ1v) is 12.0. The highest BCUT2D eigenvalue weighted by Crippen LogP contribution is 2.37. The number of rotatable bonds is 6. The predicted molar refractivity (Wildman–Crippen MR) is 125 cm³/mol. The number of benzene rings is 1. The van der Waals surface area contributed by atoms with E-state index in [1.807, 2.05) is 4.72 Å². The van der Waals surface area contributed by atoms with Crippen LogP contribution < -0.4 is 20.8 Å². The molecule has 0 saturated carbocycles. The van der Waals surface area contributed by atoms with Gasteiger partial charge >= 0.3 is 6.36 Å². The summed E-state index contributed by atoms with van der Waals surface area (Å²) < 4.78 is 69.8. The first-order valence-electron chi connectivity index (χ1n) is 10.1. The molecule has 188 valence electrons. The van der Waals surface area contributed by atoms with E-state index >= 15 is 0 Å². The molecule has 3 heterocycles. The van der Waals surface area contributed by atoms with Crippen molar-refractivity contribution in [1.29, 1.82) is 0 Å². The number of aromatic amines is 1. The van der Waals surface area contributed by atoms with Gasteiger partial charge in [-0.1, -0.05) is 0 Å². The van der Waals surface area contributed by atoms with E-state index in [1.165, 1.54) is 41.2 Å². The van der Waals surface area contributed by atoms with Gasteiger partial charge in [0.15, 0.2) is 0 Å². The highest BCUT2D eigenvalue weighted by atomic mass is 32.2. The number of pyridine rings is 2. The summed E-state index contributed by atoms with van der Waals surface area (Å²) in [7, 11) is -4.05. The average molecular weight is 521 g/mol. The summed E-state index contributed by atoms with van der Waals surface area (Å²) in [6, 6.07) is 9.27. The van der Waals surface area contributed by atoms with Crippen molar-refractivity contribution >= 4 is 32.7 Å². The standard InChI is InChI=1S/C22H18F3N5O5S/c1-36(33,34)29-21(32)19-18(14-3-2-7-28-20(14)31)15-10-13(35-22(23,24)25)4-5-16(15)30(19)11-12-6-8-27-17(26)9-12/h2-10H,11H2,1H3,(H2,26,27)(H,28,31)(H,29,32). The Hall–Kier alpha value is -4.33. The Labute approximate surface area is 201 Å². The molecule has 36 heavy (non-hydrogen) atoms. The molecule has 0 radical (unpaired) electrons. The van der Waals surface area contributed by atoms with Crippen LogP contribution in [0, 0.1) is 0 Å². The molecule has 1 amide bonds. The maximum Gasteiger partial charge on any atom is 0.573 e. The van der Waals surface area contributed by atoms with Crippen LogP contribution in [0.4, 0.5) is 19.0 Å². The number of carbonyl (C=O) groups excluding carboxylic acids is 1. The Morgan fingerprint density at radius 3 is 2.61 bits per heavy atom. The fourth-order valence-electron chi connectivity index (χ4n) is 3.81. The fraction of sp³-hybridized carbons (Fsp3) is 0.136. The van der Waals surface area contributed by atoms with Crippen LogP contribution in [0.3, 0.4) is 0 Å². The zero-order valence-corrected chi connectivity index (χ0v) is 19.3. The fourth-order valence-corrected chi connectivity index (χ4v) is 4.25. The highest BCUT2D eigenvalue weighted by molar-refractivity contribution is 7.89. The van der Waals surface area contributed by atoms with Gasteiger partial charge in [0.05, 0.1) is 6.26 Å². The van der Waals surface area contributed by atoms with Crippen LogP contribution in [0.2, 0.25) is 0 Å². The van der Waals surface area contributed by atoms with Gasteiger partial charge in [0.1, 0.15) is 17.3 Å². The molecule has 10 nitrogen and oxygen atoms in total. The maximum absolute atomic E-state index is 13.3. The Kier molecular flexibility index (Phi) is 6.22. The summed E-state index contributed by atoms with van der Waals surface area (Å²) in [6.07, 6.45) is -1.47. The van der Waals surface area contributed by atoms with Crippen LogP contribution >= 0.6 is 0 Å². The number of hydrogen-bond donors (Lipinski definition) is 3. The SMILES string of the molecule is CS(=O)(=O)NC(=O)c1c(-c2ccc[nH]c2=O)c2cc(OC(F)(F)F)ccc2n1Cc1ccnc(N)c1. The lowest BCUT2D eigenvalue weighted by Crippen LogP contribution is -2.31. The third kappa shape index (κ3) is 5.33. The molecule has 1 aromatic carbocycles. The quantitative estimate of drug-likeness (QED) is 0.353. The largest absolute Gasteiger partial charge is 0.573 e. The summed E-state index contributed by atoms with van der Waals surface area (Å²) in [5.74, 6) is -1.51. The number of nitrogens with two attached hydrogens (primary N) is 1. The van der Waals surface area contributed by atoms with Crippen molar-refractivity contribution in [2.24, 2.45) is 0 Å². The first kappa shape index (κ1) is 24.8. The Bertz CT molecular complexity index is 1640. The monoisotopic (exact) mass is 521 g/mol. The molecule has 0 unspecified atom stereocenters.